The Kier molecular flexibility index (Phi) is 6.66. The minimum Gasteiger partial charge on any atom is -0.493 e. The van der Waals surface area contributed by atoms with E-state index in [1.54, 1.807) is 13.0 Å². The Hall–Kier alpha value is -2.81. The molecule has 1 N–H and O–H groups in total. The van der Waals surface area contributed by atoms with Gasteiger partial charge >= 0.3 is 12.0 Å². The van der Waals surface area contributed by atoms with E-state index in [0.717, 1.165) is 88.9 Å². The van der Waals surface area contributed by atoms with Gasteiger partial charge in [0.15, 0.2) is 0 Å². The number of amides is 1. The lowest BCUT2D eigenvalue weighted by molar-refractivity contribution is 0.167. The van der Waals surface area contributed by atoms with Gasteiger partial charge in [0.25, 0.3) is 0 Å². The third-order valence-corrected chi connectivity index (χ3v) is 7.09. The molecule has 4 heterocycles. The van der Waals surface area contributed by atoms with Gasteiger partial charge in [-0.2, -0.15) is 0 Å². The summed E-state index contributed by atoms with van der Waals surface area (Å²) < 4.78 is 15.8. The van der Waals surface area contributed by atoms with Gasteiger partial charge in [-0.25, -0.2) is 9.78 Å². The fraction of sp³-hybridized carbons (Fsp3) is 0.625. The van der Waals surface area contributed by atoms with Gasteiger partial charge in [0, 0.05) is 56.5 Å². The molecule has 2 aromatic heterocycles. The molecule has 0 spiro atoms. The highest BCUT2D eigenvalue weighted by atomic mass is 16.7. The summed E-state index contributed by atoms with van der Waals surface area (Å²) in [6.07, 6.45) is 7.88. The molecule has 9 heteroatoms. The topological polar surface area (TPSA) is 93.0 Å². The number of piperazine rings is 1. The van der Waals surface area contributed by atoms with Crippen LogP contribution in [0.25, 0.3) is 0 Å². The van der Waals surface area contributed by atoms with E-state index >= 15 is 0 Å². The molecule has 1 saturated carbocycles. The molecular weight excluding hydrogens is 422 g/mol. The number of fused-ring (bicyclic) bond motifs is 1. The average molecular weight is 456 g/mol. The Morgan fingerprint density at radius 1 is 1.21 bits per heavy atom. The van der Waals surface area contributed by atoms with Gasteiger partial charge in [-0.3, -0.25) is 4.90 Å². The second kappa shape index (κ2) is 9.99. The van der Waals surface area contributed by atoms with E-state index in [1.165, 1.54) is 12.0 Å². The van der Waals surface area contributed by atoms with E-state index < -0.39 is 6.09 Å². The summed E-state index contributed by atoms with van der Waals surface area (Å²) in [6.45, 7) is 7.91. The van der Waals surface area contributed by atoms with Crippen molar-refractivity contribution in [3.63, 3.8) is 0 Å². The van der Waals surface area contributed by atoms with Gasteiger partial charge < -0.3 is 24.2 Å². The van der Waals surface area contributed by atoms with Gasteiger partial charge in [-0.1, -0.05) is 5.16 Å². The lowest BCUT2D eigenvalue weighted by Crippen LogP contribution is -2.47. The van der Waals surface area contributed by atoms with Crippen molar-refractivity contribution in [1.29, 1.82) is 0 Å². The zero-order valence-corrected chi connectivity index (χ0v) is 19.3. The summed E-state index contributed by atoms with van der Waals surface area (Å²) in [7, 11) is 0. The third kappa shape index (κ3) is 5.40. The molecule has 0 radical (unpaired) electrons. The van der Waals surface area contributed by atoms with E-state index in [1.807, 2.05) is 12.3 Å². The molecule has 3 aliphatic rings. The first-order valence-electron chi connectivity index (χ1n) is 12.1. The first kappa shape index (κ1) is 22.0. The summed E-state index contributed by atoms with van der Waals surface area (Å²) >= 11 is 0. The van der Waals surface area contributed by atoms with Crippen LogP contribution in [0.4, 0.5) is 10.6 Å². The fourth-order valence-electron chi connectivity index (χ4n) is 5.19. The third-order valence-electron chi connectivity index (χ3n) is 7.09. The Morgan fingerprint density at radius 3 is 2.79 bits per heavy atom. The number of aromatic nitrogens is 2. The molecule has 0 bridgehead atoms. The maximum atomic E-state index is 12.1. The van der Waals surface area contributed by atoms with Crippen LogP contribution in [0.1, 0.15) is 43.4 Å². The first-order chi connectivity index (χ1) is 16.1. The molecule has 33 heavy (non-hydrogen) atoms. The van der Waals surface area contributed by atoms with E-state index in [2.05, 4.69) is 25.3 Å². The highest BCUT2D eigenvalue weighted by Gasteiger charge is 2.26. The van der Waals surface area contributed by atoms with Crippen LogP contribution >= 0.6 is 0 Å². The number of pyridine rings is 1. The molecule has 0 atom stereocenters. The Labute approximate surface area is 194 Å². The van der Waals surface area contributed by atoms with Crippen LogP contribution in [0.3, 0.4) is 0 Å². The number of hydrogen-bond donors (Lipinski definition) is 1. The number of hydrogen-bond acceptors (Lipinski definition) is 8. The monoisotopic (exact) mass is 455 g/mol. The average Bonchev–Trinajstić information content (AvgIpc) is 3.47. The van der Waals surface area contributed by atoms with Gasteiger partial charge in [-0.15, -0.1) is 0 Å². The van der Waals surface area contributed by atoms with Crippen molar-refractivity contribution in [1.82, 2.24) is 20.4 Å². The number of carbonyl (C=O) groups excluding carboxylic acids is 1. The van der Waals surface area contributed by atoms with Crippen LogP contribution in [0.2, 0.25) is 0 Å². The van der Waals surface area contributed by atoms with Gasteiger partial charge in [-0.05, 0) is 57.6 Å². The highest BCUT2D eigenvalue weighted by molar-refractivity contribution is 5.70. The van der Waals surface area contributed by atoms with E-state index in [-0.39, 0.29) is 12.0 Å². The molecular formula is C24H33N5O4. The summed E-state index contributed by atoms with van der Waals surface area (Å²) in [6, 6.07) is 3.76. The molecule has 2 fully saturated rings. The summed E-state index contributed by atoms with van der Waals surface area (Å²) in [5.41, 5.74) is 1.96. The van der Waals surface area contributed by atoms with E-state index in [9.17, 15) is 4.79 Å². The molecule has 178 valence electrons. The second-order valence-electron chi connectivity index (χ2n) is 9.37. The quantitative estimate of drug-likeness (QED) is 0.710. The van der Waals surface area contributed by atoms with Crippen molar-refractivity contribution in [2.24, 2.45) is 5.92 Å². The zero-order chi connectivity index (χ0) is 22.6. The van der Waals surface area contributed by atoms with Crippen LogP contribution in [0.15, 0.2) is 22.9 Å². The van der Waals surface area contributed by atoms with Crippen molar-refractivity contribution >= 4 is 11.9 Å². The smallest absolute Gasteiger partial charge is 0.415 e. The molecule has 0 aromatic carbocycles. The molecule has 1 saturated heterocycles. The number of nitrogens with one attached hydrogen (secondary N) is 1. The number of ether oxygens (including phenoxy) is 2. The molecule has 1 aliphatic carbocycles. The lowest BCUT2D eigenvalue weighted by Gasteiger charge is -2.37. The van der Waals surface area contributed by atoms with Crippen LogP contribution in [-0.2, 0) is 6.42 Å². The number of carbonyl (C=O) groups is 1. The largest absolute Gasteiger partial charge is 0.493 e. The van der Waals surface area contributed by atoms with E-state index in [0.29, 0.717) is 5.69 Å². The molecule has 0 unspecified atom stereocenters. The van der Waals surface area contributed by atoms with Crippen molar-refractivity contribution in [3.05, 3.63) is 29.6 Å². The Balaban J connectivity index is 0.997. The van der Waals surface area contributed by atoms with Crippen LogP contribution < -0.4 is 19.7 Å². The molecule has 2 aliphatic heterocycles. The fourth-order valence-corrected chi connectivity index (χ4v) is 5.19. The summed E-state index contributed by atoms with van der Waals surface area (Å²) in [4.78, 5) is 21.7. The Morgan fingerprint density at radius 2 is 2.03 bits per heavy atom. The minimum absolute atomic E-state index is 0.138. The van der Waals surface area contributed by atoms with Crippen molar-refractivity contribution < 1.29 is 18.8 Å². The molecule has 9 nitrogen and oxygen atoms in total. The normalized spacial score (nSPS) is 23.1. The standard InChI is InChI=1S/C24H33N5O4/c1-17-16-22(33-27-17)32-24(30)26-19-4-2-18(3-5-19)7-10-28-11-13-29(14-12-28)23-20-8-15-31-21(20)6-9-25-23/h6,9,16,18-19H,2-5,7-8,10-15H2,1H3,(H,26,30). The number of nitrogens with zero attached hydrogens (tertiary/aromatic N) is 4. The minimum atomic E-state index is -0.461. The molecule has 1 amide bonds. The maximum Gasteiger partial charge on any atom is 0.415 e. The van der Waals surface area contributed by atoms with Crippen molar-refractivity contribution in [2.45, 2.75) is 51.5 Å². The first-order valence-corrected chi connectivity index (χ1v) is 12.1. The van der Waals surface area contributed by atoms with Crippen LogP contribution in [0.5, 0.6) is 11.7 Å². The number of rotatable bonds is 6. The Bertz CT molecular complexity index is 948. The van der Waals surface area contributed by atoms with Crippen molar-refractivity contribution in [3.8, 4) is 11.7 Å². The van der Waals surface area contributed by atoms with E-state index in [4.69, 9.17) is 14.0 Å². The van der Waals surface area contributed by atoms with Crippen LogP contribution in [-0.4, -0.2) is 66.5 Å². The zero-order valence-electron chi connectivity index (χ0n) is 19.3. The van der Waals surface area contributed by atoms with Crippen molar-refractivity contribution in [2.75, 3.05) is 44.2 Å². The second-order valence-corrected chi connectivity index (χ2v) is 9.37. The van der Waals surface area contributed by atoms with Gasteiger partial charge in [0.2, 0.25) is 0 Å². The predicted octanol–water partition coefficient (Wildman–Crippen LogP) is 3.17. The van der Waals surface area contributed by atoms with Gasteiger partial charge in [0.1, 0.15) is 11.6 Å². The number of aryl methyl sites for hydroxylation is 1. The molecule has 5 rings (SSSR count). The highest BCUT2D eigenvalue weighted by Crippen LogP contribution is 2.32. The van der Waals surface area contributed by atoms with Gasteiger partial charge in [0.05, 0.1) is 12.3 Å². The predicted molar refractivity (Wildman–Crippen MR) is 123 cm³/mol. The summed E-state index contributed by atoms with van der Waals surface area (Å²) in [5, 5.41) is 6.68. The number of anilines is 1. The molecule has 2 aromatic rings. The summed E-state index contributed by atoms with van der Waals surface area (Å²) in [5.74, 6) is 2.99. The lowest BCUT2D eigenvalue weighted by atomic mass is 9.84. The maximum absolute atomic E-state index is 12.1. The SMILES string of the molecule is Cc1cc(OC(=O)NC2CCC(CCN3CCN(c4nccc5c4CCO5)CC3)CC2)on1. The van der Waals surface area contributed by atoms with Crippen LogP contribution in [0, 0.1) is 12.8 Å².